The maximum atomic E-state index is 11.4. The van der Waals surface area contributed by atoms with Gasteiger partial charge in [0.1, 0.15) is 0 Å². The van der Waals surface area contributed by atoms with E-state index in [9.17, 15) is 4.79 Å². The quantitative estimate of drug-likeness (QED) is 0.764. The standard InChI is InChI=1S/C14H16N2O3S/c1-3-19-14(17)7-11-9-20-13(16-11)6-10-4-5-12(18-2)15-8-10/h4-5,8-9H,3,6-7H2,1-2H3. The van der Waals surface area contributed by atoms with E-state index in [4.69, 9.17) is 9.47 Å². The molecule has 5 nitrogen and oxygen atoms in total. The van der Waals surface area contributed by atoms with Gasteiger partial charge in [-0.25, -0.2) is 9.97 Å². The summed E-state index contributed by atoms with van der Waals surface area (Å²) in [5.74, 6) is 0.353. The molecule has 0 aliphatic heterocycles. The van der Waals surface area contributed by atoms with Gasteiger partial charge in [-0.15, -0.1) is 11.3 Å². The van der Waals surface area contributed by atoms with E-state index >= 15 is 0 Å². The Bertz CT molecular complexity index is 566. The molecule has 0 bridgehead atoms. The molecule has 2 heterocycles. The lowest BCUT2D eigenvalue weighted by molar-refractivity contribution is -0.142. The van der Waals surface area contributed by atoms with Crippen LogP contribution < -0.4 is 4.74 Å². The first kappa shape index (κ1) is 14.5. The van der Waals surface area contributed by atoms with Gasteiger partial charge in [0.25, 0.3) is 0 Å². The van der Waals surface area contributed by atoms with Gasteiger partial charge in [-0.3, -0.25) is 4.79 Å². The monoisotopic (exact) mass is 292 g/mol. The van der Waals surface area contributed by atoms with Crippen molar-refractivity contribution in [2.75, 3.05) is 13.7 Å². The van der Waals surface area contributed by atoms with Crippen molar-refractivity contribution >= 4 is 17.3 Å². The molecule has 6 heteroatoms. The Morgan fingerprint density at radius 3 is 2.90 bits per heavy atom. The number of pyridine rings is 1. The molecule has 0 aliphatic rings. The van der Waals surface area contributed by atoms with E-state index < -0.39 is 0 Å². The summed E-state index contributed by atoms with van der Waals surface area (Å²) in [5, 5.41) is 2.85. The van der Waals surface area contributed by atoms with Gasteiger partial charge in [-0.05, 0) is 12.5 Å². The van der Waals surface area contributed by atoms with E-state index in [1.54, 1.807) is 20.2 Å². The van der Waals surface area contributed by atoms with Crippen molar-refractivity contribution in [2.24, 2.45) is 0 Å². The van der Waals surface area contributed by atoms with Gasteiger partial charge in [0, 0.05) is 24.1 Å². The van der Waals surface area contributed by atoms with Crippen LogP contribution in [0.1, 0.15) is 23.2 Å². The fourth-order valence-electron chi connectivity index (χ4n) is 1.68. The maximum Gasteiger partial charge on any atom is 0.311 e. The van der Waals surface area contributed by atoms with Crippen LogP contribution in [-0.4, -0.2) is 29.7 Å². The number of nitrogens with zero attached hydrogens (tertiary/aromatic N) is 2. The van der Waals surface area contributed by atoms with Gasteiger partial charge in [-0.1, -0.05) is 6.07 Å². The van der Waals surface area contributed by atoms with Gasteiger partial charge >= 0.3 is 5.97 Å². The first-order chi connectivity index (χ1) is 9.71. The number of carbonyl (C=O) groups excluding carboxylic acids is 1. The molecule has 0 amide bonds. The first-order valence-electron chi connectivity index (χ1n) is 6.29. The average Bonchev–Trinajstić information content (AvgIpc) is 2.87. The number of ether oxygens (including phenoxy) is 2. The number of methoxy groups -OCH3 is 1. The number of carbonyl (C=O) groups is 1. The van der Waals surface area contributed by atoms with Crippen LogP contribution in [-0.2, 0) is 22.4 Å². The summed E-state index contributed by atoms with van der Waals surface area (Å²) < 4.78 is 9.92. The second-order valence-corrected chi connectivity index (χ2v) is 5.04. The molecule has 2 aromatic rings. The lowest BCUT2D eigenvalue weighted by atomic mass is 10.2. The van der Waals surface area contributed by atoms with E-state index in [0.717, 1.165) is 16.3 Å². The number of thiazole rings is 1. The zero-order valence-electron chi connectivity index (χ0n) is 11.5. The maximum absolute atomic E-state index is 11.4. The van der Waals surface area contributed by atoms with Crippen molar-refractivity contribution in [1.82, 2.24) is 9.97 Å². The van der Waals surface area contributed by atoms with Crippen LogP contribution in [0, 0.1) is 0 Å². The number of aromatic nitrogens is 2. The molecule has 2 rings (SSSR count). The van der Waals surface area contributed by atoms with Crippen molar-refractivity contribution in [2.45, 2.75) is 19.8 Å². The minimum absolute atomic E-state index is 0.227. The van der Waals surface area contributed by atoms with Gasteiger partial charge in [0.15, 0.2) is 0 Å². The van der Waals surface area contributed by atoms with Crippen molar-refractivity contribution < 1.29 is 14.3 Å². The zero-order chi connectivity index (χ0) is 14.4. The van der Waals surface area contributed by atoms with Crippen LogP contribution in [0.4, 0.5) is 0 Å². The number of hydrogen-bond donors (Lipinski definition) is 0. The van der Waals surface area contributed by atoms with E-state index in [1.807, 2.05) is 17.5 Å². The topological polar surface area (TPSA) is 61.3 Å². The Hall–Kier alpha value is -1.95. The number of rotatable bonds is 6. The summed E-state index contributed by atoms with van der Waals surface area (Å²) in [6, 6.07) is 3.78. The summed E-state index contributed by atoms with van der Waals surface area (Å²) in [6.07, 6.45) is 2.70. The Kier molecular flexibility index (Phi) is 5.06. The third-order valence-electron chi connectivity index (χ3n) is 2.59. The van der Waals surface area contributed by atoms with Crippen LogP contribution in [0.15, 0.2) is 23.7 Å². The molecule has 0 aromatic carbocycles. The molecule has 0 fully saturated rings. The molecule has 0 N–H and O–H groups in total. The van der Waals surface area contributed by atoms with Crippen molar-refractivity contribution in [3.05, 3.63) is 40.0 Å². The highest BCUT2D eigenvalue weighted by atomic mass is 32.1. The first-order valence-corrected chi connectivity index (χ1v) is 7.17. The van der Waals surface area contributed by atoms with Gasteiger partial charge in [0.05, 0.1) is 30.8 Å². The van der Waals surface area contributed by atoms with E-state index in [1.165, 1.54) is 11.3 Å². The van der Waals surface area contributed by atoms with Crippen LogP contribution >= 0.6 is 11.3 Å². The third-order valence-corrected chi connectivity index (χ3v) is 3.49. The van der Waals surface area contributed by atoms with Gasteiger partial charge in [-0.2, -0.15) is 0 Å². The van der Waals surface area contributed by atoms with Gasteiger partial charge < -0.3 is 9.47 Å². The van der Waals surface area contributed by atoms with Crippen molar-refractivity contribution in [3.8, 4) is 5.88 Å². The normalized spacial score (nSPS) is 10.3. The lowest BCUT2D eigenvalue weighted by Gasteiger charge is -2.00. The predicted molar refractivity (Wildman–Crippen MR) is 76.0 cm³/mol. The Labute approximate surface area is 121 Å². The Morgan fingerprint density at radius 2 is 2.25 bits per heavy atom. The second kappa shape index (κ2) is 7.00. The molecule has 20 heavy (non-hydrogen) atoms. The molecule has 0 unspecified atom stereocenters. The highest BCUT2D eigenvalue weighted by molar-refractivity contribution is 7.09. The molecule has 106 valence electrons. The van der Waals surface area contributed by atoms with E-state index in [2.05, 4.69) is 9.97 Å². The van der Waals surface area contributed by atoms with E-state index in [-0.39, 0.29) is 12.4 Å². The van der Waals surface area contributed by atoms with Crippen LogP contribution in [0.25, 0.3) is 0 Å². The number of esters is 1. The predicted octanol–water partition coefficient (Wildman–Crippen LogP) is 2.24. The average molecular weight is 292 g/mol. The largest absolute Gasteiger partial charge is 0.481 e. The molecule has 0 saturated heterocycles. The molecular formula is C14H16N2O3S. The molecule has 0 radical (unpaired) electrons. The minimum atomic E-state index is -0.240. The highest BCUT2D eigenvalue weighted by Crippen LogP contribution is 2.16. The lowest BCUT2D eigenvalue weighted by Crippen LogP contribution is -2.07. The third kappa shape index (κ3) is 4.03. The smallest absolute Gasteiger partial charge is 0.311 e. The SMILES string of the molecule is CCOC(=O)Cc1csc(Cc2ccc(OC)nc2)n1. The van der Waals surface area contributed by atoms with Gasteiger partial charge in [0.2, 0.25) is 5.88 Å². The summed E-state index contributed by atoms with van der Waals surface area (Å²) in [7, 11) is 1.59. The summed E-state index contributed by atoms with van der Waals surface area (Å²) >= 11 is 1.54. The van der Waals surface area contributed by atoms with Crippen molar-refractivity contribution in [1.29, 1.82) is 0 Å². The Balaban J connectivity index is 1.96. The molecule has 0 spiro atoms. The molecule has 0 aliphatic carbocycles. The second-order valence-electron chi connectivity index (χ2n) is 4.10. The van der Waals surface area contributed by atoms with Crippen LogP contribution in [0.5, 0.6) is 5.88 Å². The molecule has 0 saturated carbocycles. The fraction of sp³-hybridized carbons (Fsp3) is 0.357. The van der Waals surface area contributed by atoms with Crippen molar-refractivity contribution in [3.63, 3.8) is 0 Å². The summed E-state index contributed by atoms with van der Waals surface area (Å²) in [4.78, 5) is 20.0. The molecular weight excluding hydrogens is 276 g/mol. The molecule has 0 atom stereocenters. The highest BCUT2D eigenvalue weighted by Gasteiger charge is 2.09. The summed E-state index contributed by atoms with van der Waals surface area (Å²) in [6.45, 7) is 2.19. The minimum Gasteiger partial charge on any atom is -0.481 e. The van der Waals surface area contributed by atoms with Crippen LogP contribution in [0.3, 0.4) is 0 Å². The Morgan fingerprint density at radius 1 is 1.40 bits per heavy atom. The van der Waals surface area contributed by atoms with Crippen LogP contribution in [0.2, 0.25) is 0 Å². The van der Waals surface area contributed by atoms with E-state index in [0.29, 0.717) is 18.9 Å². The fourth-order valence-corrected chi connectivity index (χ4v) is 2.51. The molecule has 2 aromatic heterocycles. The number of hydrogen-bond acceptors (Lipinski definition) is 6. The summed E-state index contributed by atoms with van der Waals surface area (Å²) in [5.41, 5.74) is 1.81. The zero-order valence-corrected chi connectivity index (χ0v) is 12.3.